The van der Waals surface area contributed by atoms with E-state index >= 15 is 0 Å². The van der Waals surface area contributed by atoms with Crippen LogP contribution in [0.2, 0.25) is 5.02 Å². The molecule has 0 bridgehead atoms. The number of amides is 1. The Morgan fingerprint density at radius 1 is 0.852 bits per heavy atom. The third-order valence-electron chi connectivity index (χ3n) is 3.78. The second-order valence-corrected chi connectivity index (χ2v) is 6.14. The molecule has 0 saturated heterocycles. The maximum absolute atomic E-state index is 12.1. The summed E-state index contributed by atoms with van der Waals surface area (Å²) in [4.78, 5) is 28.3. The van der Waals surface area contributed by atoms with Gasteiger partial charge in [-0.2, -0.15) is 9.59 Å². The Balaban J connectivity index is 0.000000817. The first-order valence-electron chi connectivity index (χ1n) is 8.31. The third-order valence-corrected chi connectivity index (χ3v) is 4.02. The maximum atomic E-state index is 12.1. The highest BCUT2D eigenvalue weighted by Crippen LogP contribution is 2.21. The number of halogens is 1. The quantitative estimate of drug-likeness (QED) is 0.678. The van der Waals surface area contributed by atoms with Crippen molar-refractivity contribution in [3.05, 3.63) is 89.4 Å². The largest absolute Gasteiger partial charge is 0.373 e. The Kier molecular flexibility index (Phi) is 7.98. The zero-order chi connectivity index (χ0) is 19.5. The lowest BCUT2D eigenvalue weighted by Crippen LogP contribution is -2.12. The fourth-order valence-corrected chi connectivity index (χ4v) is 2.77. The Labute approximate surface area is 162 Å². The minimum Gasteiger partial charge on any atom is -0.326 e. The van der Waals surface area contributed by atoms with Crippen molar-refractivity contribution in [3.63, 3.8) is 0 Å². The van der Waals surface area contributed by atoms with Crippen molar-refractivity contribution in [2.24, 2.45) is 0 Å². The lowest BCUT2D eigenvalue weighted by molar-refractivity contribution is -0.191. The predicted octanol–water partition coefficient (Wildman–Crippen LogP) is 4.99. The second kappa shape index (κ2) is 10.7. The average molecular weight is 380 g/mol. The first-order chi connectivity index (χ1) is 13.1. The number of rotatable bonds is 5. The molecule has 3 rings (SSSR count). The van der Waals surface area contributed by atoms with Crippen LogP contribution in [0, 0.1) is 0 Å². The molecule has 0 aliphatic carbocycles. The molecule has 0 heterocycles. The zero-order valence-corrected chi connectivity index (χ0v) is 15.3. The average Bonchev–Trinajstić information content (AvgIpc) is 2.68. The Morgan fingerprint density at radius 3 is 2.22 bits per heavy atom. The molecule has 27 heavy (non-hydrogen) atoms. The normalized spacial score (nSPS) is 9.52. The van der Waals surface area contributed by atoms with Crippen LogP contribution in [0.3, 0.4) is 0 Å². The predicted molar refractivity (Wildman–Crippen MR) is 105 cm³/mol. The summed E-state index contributed by atoms with van der Waals surface area (Å²) in [5, 5.41) is 3.49. The molecular weight excluding hydrogens is 362 g/mol. The fourth-order valence-electron chi connectivity index (χ4n) is 2.58. The highest BCUT2D eigenvalue weighted by atomic mass is 35.5. The van der Waals surface area contributed by atoms with Crippen molar-refractivity contribution in [2.45, 2.75) is 12.8 Å². The molecule has 1 amide bonds. The smallest absolute Gasteiger partial charge is 0.326 e. The molecule has 5 heteroatoms. The highest BCUT2D eigenvalue weighted by molar-refractivity contribution is 6.30. The maximum Gasteiger partial charge on any atom is 0.373 e. The van der Waals surface area contributed by atoms with Crippen molar-refractivity contribution in [2.75, 3.05) is 5.32 Å². The van der Waals surface area contributed by atoms with E-state index in [9.17, 15) is 4.79 Å². The molecule has 3 aromatic rings. The van der Waals surface area contributed by atoms with Crippen LogP contribution in [0.1, 0.15) is 12.0 Å². The van der Waals surface area contributed by atoms with Crippen LogP contribution >= 0.6 is 11.6 Å². The third kappa shape index (κ3) is 6.90. The summed E-state index contributed by atoms with van der Waals surface area (Å²) in [6, 6.07) is 25.7. The van der Waals surface area contributed by atoms with Gasteiger partial charge in [0.05, 0.1) is 0 Å². The minimum atomic E-state index is -0.0117. The molecule has 3 aromatic carbocycles. The van der Waals surface area contributed by atoms with Gasteiger partial charge in [-0.05, 0) is 41.3 Å². The molecule has 136 valence electrons. The minimum absolute atomic E-state index is 0.0117. The second-order valence-electron chi connectivity index (χ2n) is 5.71. The molecule has 0 saturated carbocycles. The monoisotopic (exact) mass is 379 g/mol. The van der Waals surface area contributed by atoms with Gasteiger partial charge in [-0.15, -0.1) is 0 Å². The molecule has 0 aliphatic heterocycles. The van der Waals surface area contributed by atoms with Crippen LogP contribution in [0.15, 0.2) is 78.9 Å². The van der Waals surface area contributed by atoms with Crippen molar-refractivity contribution in [1.29, 1.82) is 0 Å². The van der Waals surface area contributed by atoms with Gasteiger partial charge in [-0.25, -0.2) is 0 Å². The van der Waals surface area contributed by atoms with Gasteiger partial charge in [0.1, 0.15) is 0 Å². The van der Waals surface area contributed by atoms with Gasteiger partial charge in [0.25, 0.3) is 0 Å². The van der Waals surface area contributed by atoms with Crippen LogP contribution in [-0.4, -0.2) is 12.1 Å². The number of carbonyl (C=O) groups excluding carboxylic acids is 3. The van der Waals surface area contributed by atoms with E-state index in [1.165, 1.54) is 11.1 Å². The summed E-state index contributed by atoms with van der Waals surface area (Å²) in [6.45, 7) is 0. The molecule has 0 unspecified atom stereocenters. The topological polar surface area (TPSA) is 63.2 Å². The Hall–Kier alpha value is -3.20. The van der Waals surface area contributed by atoms with E-state index in [-0.39, 0.29) is 12.1 Å². The van der Waals surface area contributed by atoms with E-state index < -0.39 is 0 Å². The zero-order valence-electron chi connectivity index (χ0n) is 14.5. The molecular formula is C22H18ClNO3. The SMILES string of the molecule is O=C(CCc1cccc(-c2ccccc2)c1)Nc1cccc(Cl)c1.O=C=O. The van der Waals surface area contributed by atoms with Gasteiger partial charge in [0, 0.05) is 17.1 Å². The van der Waals surface area contributed by atoms with Crippen LogP contribution in [0.4, 0.5) is 5.69 Å². The number of benzene rings is 3. The van der Waals surface area contributed by atoms with E-state index in [0.29, 0.717) is 17.9 Å². The molecule has 0 aromatic heterocycles. The Morgan fingerprint density at radius 2 is 1.52 bits per heavy atom. The van der Waals surface area contributed by atoms with Gasteiger partial charge in [0.15, 0.2) is 0 Å². The number of hydrogen-bond acceptors (Lipinski definition) is 3. The lowest BCUT2D eigenvalue weighted by atomic mass is 10.0. The van der Waals surface area contributed by atoms with Crippen molar-refractivity contribution in [3.8, 4) is 11.1 Å². The molecule has 0 atom stereocenters. The van der Waals surface area contributed by atoms with Crippen molar-refractivity contribution < 1.29 is 14.4 Å². The summed E-state index contributed by atoms with van der Waals surface area (Å²) in [7, 11) is 0. The number of hydrogen-bond donors (Lipinski definition) is 1. The number of aryl methyl sites for hydroxylation is 1. The number of nitrogens with one attached hydrogen (secondary N) is 1. The highest BCUT2D eigenvalue weighted by Gasteiger charge is 2.05. The summed E-state index contributed by atoms with van der Waals surface area (Å²) in [5.74, 6) is -0.0117. The van der Waals surface area contributed by atoms with E-state index in [2.05, 4.69) is 35.6 Å². The summed E-state index contributed by atoms with van der Waals surface area (Å²) >= 11 is 5.93. The van der Waals surface area contributed by atoms with Crippen molar-refractivity contribution in [1.82, 2.24) is 0 Å². The fraction of sp³-hybridized carbons (Fsp3) is 0.0909. The summed E-state index contributed by atoms with van der Waals surface area (Å²) < 4.78 is 0. The standard InChI is InChI=1S/C21H18ClNO.CO2/c22-19-10-5-11-20(15-19)23-21(24)13-12-16-6-4-9-18(14-16)17-7-2-1-3-8-17;2-1-3/h1-11,14-15H,12-13H2,(H,23,24);. The summed E-state index contributed by atoms with van der Waals surface area (Å²) in [5.41, 5.74) is 4.23. The lowest BCUT2D eigenvalue weighted by Gasteiger charge is -2.07. The van der Waals surface area contributed by atoms with Gasteiger partial charge < -0.3 is 5.32 Å². The number of anilines is 1. The van der Waals surface area contributed by atoms with Crippen LogP contribution in [-0.2, 0) is 20.8 Å². The van der Waals surface area contributed by atoms with Crippen LogP contribution in [0.25, 0.3) is 11.1 Å². The molecule has 0 spiro atoms. The first-order valence-corrected chi connectivity index (χ1v) is 8.69. The van der Waals surface area contributed by atoms with E-state index in [1.54, 1.807) is 12.1 Å². The molecule has 0 fully saturated rings. The molecule has 0 aliphatic rings. The molecule has 1 N–H and O–H groups in total. The van der Waals surface area contributed by atoms with Gasteiger partial charge in [0.2, 0.25) is 5.91 Å². The number of carbonyl (C=O) groups is 1. The van der Waals surface area contributed by atoms with Gasteiger partial charge in [-0.3, -0.25) is 4.79 Å². The van der Waals surface area contributed by atoms with E-state index in [0.717, 1.165) is 11.3 Å². The van der Waals surface area contributed by atoms with E-state index in [1.807, 2.05) is 36.4 Å². The van der Waals surface area contributed by atoms with Crippen LogP contribution in [0.5, 0.6) is 0 Å². The van der Waals surface area contributed by atoms with Gasteiger partial charge >= 0.3 is 6.15 Å². The molecule has 4 nitrogen and oxygen atoms in total. The Bertz CT molecular complexity index is 920. The summed E-state index contributed by atoms with van der Waals surface area (Å²) in [6.07, 6.45) is 1.39. The van der Waals surface area contributed by atoms with Gasteiger partial charge in [-0.1, -0.05) is 72.3 Å². The van der Waals surface area contributed by atoms with E-state index in [4.69, 9.17) is 21.2 Å². The first kappa shape index (κ1) is 20.1. The van der Waals surface area contributed by atoms with Crippen LogP contribution < -0.4 is 5.32 Å². The molecule has 0 radical (unpaired) electrons. The van der Waals surface area contributed by atoms with Crippen molar-refractivity contribution >= 4 is 29.3 Å².